The maximum absolute atomic E-state index is 11.8. The number of alkyl halides is 3. The lowest BCUT2D eigenvalue weighted by Crippen LogP contribution is -2.36. The van der Waals surface area contributed by atoms with Crippen LogP contribution in [-0.2, 0) is 0 Å². The third-order valence-electron chi connectivity index (χ3n) is 1.79. The Bertz CT molecular complexity index is 122. The molecule has 0 bridgehead atoms. The number of aliphatic hydroxyl groups excluding tert-OH is 1. The molecule has 0 aromatic rings. The molecule has 2 nitrogen and oxygen atoms in total. The summed E-state index contributed by atoms with van der Waals surface area (Å²) in [5, 5.41) is 11.3. The van der Waals surface area contributed by atoms with E-state index in [1.165, 1.54) is 0 Å². The summed E-state index contributed by atoms with van der Waals surface area (Å²) >= 11 is 0. The molecule has 2 atom stereocenters. The van der Waals surface area contributed by atoms with Crippen molar-refractivity contribution >= 4 is 0 Å². The molecule has 0 aromatic carbocycles. The van der Waals surface area contributed by atoms with Gasteiger partial charge in [-0.15, -0.1) is 0 Å². The lowest BCUT2D eigenvalue weighted by Gasteiger charge is -2.20. The van der Waals surface area contributed by atoms with Gasteiger partial charge in [0.15, 0.2) is 6.10 Å². The van der Waals surface area contributed by atoms with Crippen molar-refractivity contribution in [2.45, 2.75) is 38.1 Å². The zero-order valence-corrected chi connectivity index (χ0v) is 7.15. The number of hydrogen-bond acceptors (Lipinski definition) is 2. The van der Waals surface area contributed by atoms with Gasteiger partial charge in [0.2, 0.25) is 0 Å². The van der Waals surface area contributed by atoms with Crippen LogP contribution in [0.5, 0.6) is 0 Å². The average molecular weight is 185 g/mol. The van der Waals surface area contributed by atoms with Crippen molar-refractivity contribution in [1.82, 2.24) is 5.32 Å². The van der Waals surface area contributed by atoms with Gasteiger partial charge >= 0.3 is 6.18 Å². The van der Waals surface area contributed by atoms with E-state index in [2.05, 4.69) is 5.32 Å². The van der Waals surface area contributed by atoms with Gasteiger partial charge in [-0.1, -0.05) is 6.92 Å². The van der Waals surface area contributed by atoms with Gasteiger partial charge in [0.25, 0.3) is 0 Å². The van der Waals surface area contributed by atoms with Gasteiger partial charge in [0.1, 0.15) is 0 Å². The molecule has 0 aliphatic heterocycles. The lowest BCUT2D eigenvalue weighted by molar-refractivity contribution is -0.206. The predicted molar refractivity (Wildman–Crippen MR) is 39.8 cm³/mol. The van der Waals surface area contributed by atoms with Crippen LogP contribution in [0.4, 0.5) is 13.2 Å². The van der Waals surface area contributed by atoms with Crippen molar-refractivity contribution in [2.75, 3.05) is 7.05 Å². The first-order valence-corrected chi connectivity index (χ1v) is 3.83. The highest BCUT2D eigenvalue weighted by Crippen LogP contribution is 2.23. The van der Waals surface area contributed by atoms with E-state index in [0.29, 0.717) is 6.42 Å². The summed E-state index contributed by atoms with van der Waals surface area (Å²) < 4.78 is 35.4. The lowest BCUT2D eigenvalue weighted by atomic mass is 10.1. The fourth-order valence-electron chi connectivity index (χ4n) is 0.892. The fourth-order valence-corrected chi connectivity index (χ4v) is 0.892. The number of aliphatic hydroxyl groups is 1. The van der Waals surface area contributed by atoms with Gasteiger partial charge in [-0.05, 0) is 19.9 Å². The molecule has 0 saturated carbocycles. The predicted octanol–water partition coefficient (Wildman–Crippen LogP) is 1.30. The second-order valence-corrected chi connectivity index (χ2v) is 2.69. The molecule has 0 heterocycles. The van der Waals surface area contributed by atoms with Gasteiger partial charge in [-0.3, -0.25) is 0 Å². The Kier molecular flexibility index (Phi) is 4.55. The highest BCUT2D eigenvalue weighted by Gasteiger charge is 2.38. The van der Waals surface area contributed by atoms with Crippen LogP contribution in [0.3, 0.4) is 0 Å². The minimum atomic E-state index is -4.50. The summed E-state index contributed by atoms with van der Waals surface area (Å²) in [6, 6.07) is -0.276. The smallest absolute Gasteiger partial charge is 0.384 e. The van der Waals surface area contributed by atoms with Gasteiger partial charge < -0.3 is 10.4 Å². The molecule has 12 heavy (non-hydrogen) atoms. The molecule has 2 unspecified atom stereocenters. The maximum Gasteiger partial charge on any atom is 0.414 e. The van der Waals surface area contributed by atoms with E-state index in [1.807, 2.05) is 0 Å². The van der Waals surface area contributed by atoms with Gasteiger partial charge in [-0.2, -0.15) is 13.2 Å². The van der Waals surface area contributed by atoms with Crippen LogP contribution in [0.1, 0.15) is 19.8 Å². The number of rotatable bonds is 4. The Hall–Kier alpha value is -0.290. The Labute approximate surface area is 69.8 Å². The quantitative estimate of drug-likeness (QED) is 0.691. The second kappa shape index (κ2) is 4.67. The molecule has 0 fully saturated rings. The molecule has 0 radical (unpaired) electrons. The van der Waals surface area contributed by atoms with E-state index in [4.69, 9.17) is 5.11 Å². The van der Waals surface area contributed by atoms with Crippen molar-refractivity contribution in [2.24, 2.45) is 0 Å². The normalized spacial score (nSPS) is 17.5. The van der Waals surface area contributed by atoms with Gasteiger partial charge in [0, 0.05) is 6.04 Å². The summed E-state index contributed by atoms with van der Waals surface area (Å²) in [6.07, 6.45) is -6.42. The molecule has 0 saturated heterocycles. The summed E-state index contributed by atoms with van der Waals surface area (Å²) in [7, 11) is 1.58. The molecule has 0 spiro atoms. The van der Waals surface area contributed by atoms with Crippen LogP contribution in [0.15, 0.2) is 0 Å². The largest absolute Gasteiger partial charge is 0.414 e. The average Bonchev–Trinajstić information content (AvgIpc) is 1.97. The fraction of sp³-hybridized carbons (Fsp3) is 1.00. The summed E-state index contributed by atoms with van der Waals surface area (Å²) in [4.78, 5) is 0. The molecule has 0 aromatic heterocycles. The third-order valence-corrected chi connectivity index (χ3v) is 1.79. The van der Waals surface area contributed by atoms with Crippen LogP contribution in [0, 0.1) is 0 Å². The molecule has 5 heteroatoms. The van der Waals surface area contributed by atoms with Crippen molar-refractivity contribution < 1.29 is 18.3 Å². The molecule has 0 rings (SSSR count). The first-order chi connectivity index (χ1) is 5.41. The zero-order valence-electron chi connectivity index (χ0n) is 7.15. The van der Waals surface area contributed by atoms with E-state index in [1.54, 1.807) is 14.0 Å². The Morgan fingerprint density at radius 1 is 1.42 bits per heavy atom. The standard InChI is InChI=1S/C7H14F3NO/c1-3-5(11-2)4-6(12)7(8,9)10/h5-6,11-12H,3-4H2,1-2H3. The number of hydrogen-bond donors (Lipinski definition) is 2. The van der Waals surface area contributed by atoms with Crippen LogP contribution >= 0.6 is 0 Å². The molecule has 2 N–H and O–H groups in total. The van der Waals surface area contributed by atoms with Crippen LogP contribution < -0.4 is 5.32 Å². The van der Waals surface area contributed by atoms with E-state index < -0.39 is 12.3 Å². The monoisotopic (exact) mass is 185 g/mol. The van der Waals surface area contributed by atoms with Crippen molar-refractivity contribution in [3.8, 4) is 0 Å². The van der Waals surface area contributed by atoms with Gasteiger partial charge in [-0.25, -0.2) is 0 Å². The summed E-state index contributed by atoms with van der Waals surface area (Å²) in [5.74, 6) is 0. The minimum absolute atomic E-state index is 0.276. The van der Waals surface area contributed by atoms with Crippen LogP contribution in [0.2, 0.25) is 0 Å². The molecular weight excluding hydrogens is 171 g/mol. The third kappa shape index (κ3) is 3.92. The first kappa shape index (κ1) is 11.7. The molecule has 74 valence electrons. The zero-order chi connectivity index (χ0) is 9.78. The number of nitrogens with one attached hydrogen (secondary N) is 1. The van der Waals surface area contributed by atoms with E-state index in [9.17, 15) is 13.2 Å². The number of halogens is 3. The second-order valence-electron chi connectivity index (χ2n) is 2.69. The van der Waals surface area contributed by atoms with Crippen LogP contribution in [-0.4, -0.2) is 30.5 Å². The van der Waals surface area contributed by atoms with E-state index >= 15 is 0 Å². The van der Waals surface area contributed by atoms with Crippen molar-refractivity contribution in [3.05, 3.63) is 0 Å². The maximum atomic E-state index is 11.8. The van der Waals surface area contributed by atoms with Crippen molar-refractivity contribution in [1.29, 1.82) is 0 Å². The molecular formula is C7H14F3NO. The highest BCUT2D eigenvalue weighted by atomic mass is 19.4. The van der Waals surface area contributed by atoms with E-state index in [0.717, 1.165) is 0 Å². The van der Waals surface area contributed by atoms with Gasteiger partial charge in [0.05, 0.1) is 0 Å². The summed E-state index contributed by atoms with van der Waals surface area (Å²) in [5.41, 5.74) is 0. The minimum Gasteiger partial charge on any atom is -0.384 e. The van der Waals surface area contributed by atoms with Crippen LogP contribution in [0.25, 0.3) is 0 Å². The Morgan fingerprint density at radius 3 is 2.17 bits per heavy atom. The topological polar surface area (TPSA) is 32.3 Å². The SMILES string of the molecule is CCC(CC(O)C(F)(F)F)NC. The highest BCUT2D eigenvalue weighted by molar-refractivity contribution is 4.73. The molecule has 0 aliphatic carbocycles. The van der Waals surface area contributed by atoms with E-state index in [-0.39, 0.29) is 12.5 Å². The summed E-state index contributed by atoms with van der Waals surface area (Å²) in [6.45, 7) is 1.77. The first-order valence-electron chi connectivity index (χ1n) is 3.83. The molecule has 0 aliphatic rings. The van der Waals surface area contributed by atoms with Crippen molar-refractivity contribution in [3.63, 3.8) is 0 Å². The molecule has 0 amide bonds. The Morgan fingerprint density at radius 2 is 1.92 bits per heavy atom. The Balaban J connectivity index is 3.90.